The molecule has 0 unspecified atom stereocenters. The van der Waals surface area contributed by atoms with Crippen LogP contribution < -0.4 is 10.5 Å². The molecular weight excluding hydrogens is 255 g/mol. The van der Waals surface area contributed by atoms with Crippen LogP contribution in [0.15, 0.2) is 30.6 Å². The maximum absolute atomic E-state index is 13.5. The van der Waals surface area contributed by atoms with E-state index in [1.54, 1.807) is 0 Å². The van der Waals surface area contributed by atoms with Crippen LogP contribution in [0.5, 0.6) is 5.75 Å². The number of rotatable bonds is 4. The number of nitrogen functional groups attached to an aromatic ring is 1. The lowest BCUT2D eigenvalue weighted by atomic mass is 10.3. The van der Waals surface area contributed by atoms with E-state index in [4.69, 9.17) is 10.5 Å². The number of anilines is 1. The summed E-state index contributed by atoms with van der Waals surface area (Å²) in [5.74, 6) is -0.996. The molecule has 0 aliphatic carbocycles. The second kappa shape index (κ2) is 5.25. The van der Waals surface area contributed by atoms with Gasteiger partial charge in [-0.2, -0.15) is 0 Å². The first-order chi connectivity index (χ1) is 9.08. The lowest BCUT2D eigenvalue weighted by Gasteiger charge is -2.07. The lowest BCUT2D eigenvalue weighted by Crippen LogP contribution is -2.04. The first kappa shape index (κ1) is 12.7. The van der Waals surface area contributed by atoms with E-state index in [0.717, 1.165) is 12.1 Å². The first-order valence-electron chi connectivity index (χ1n) is 5.20. The van der Waals surface area contributed by atoms with E-state index in [-0.39, 0.29) is 12.4 Å². The molecule has 2 N–H and O–H groups in total. The van der Waals surface area contributed by atoms with E-state index < -0.39 is 22.2 Å². The Morgan fingerprint density at radius 1 is 1.37 bits per heavy atom. The highest BCUT2D eigenvalue weighted by molar-refractivity contribution is 5.46. The maximum Gasteiger partial charge on any atom is 0.314 e. The highest BCUT2D eigenvalue weighted by Gasteiger charge is 2.19. The molecule has 0 radical (unpaired) electrons. The number of hydrogen-bond acceptors (Lipinski definition) is 6. The van der Waals surface area contributed by atoms with Crippen LogP contribution in [-0.2, 0) is 6.61 Å². The number of nitrogens with zero attached hydrogens (tertiary/aromatic N) is 3. The SMILES string of the molecule is Nc1cnc(COc2c(F)cccc2[N+](=O)[O-])cn1. The molecule has 2 aromatic rings. The van der Waals surface area contributed by atoms with Crippen LogP contribution in [0.3, 0.4) is 0 Å². The fourth-order valence-electron chi connectivity index (χ4n) is 1.37. The van der Waals surface area contributed by atoms with Gasteiger partial charge in [0.25, 0.3) is 0 Å². The fraction of sp³-hybridized carbons (Fsp3) is 0.0909. The number of halogens is 1. The predicted octanol–water partition coefficient (Wildman–Crippen LogP) is 1.69. The molecule has 0 bridgehead atoms. The maximum atomic E-state index is 13.5. The standard InChI is InChI=1S/C11H9FN4O3/c12-8-2-1-3-9(16(17)18)11(8)19-6-7-4-15-10(13)5-14-7/h1-5H,6H2,(H2,13,15). The summed E-state index contributed by atoms with van der Waals surface area (Å²) < 4.78 is 18.6. The van der Waals surface area contributed by atoms with E-state index in [0.29, 0.717) is 5.69 Å². The van der Waals surface area contributed by atoms with Gasteiger partial charge in [-0.05, 0) is 6.07 Å². The highest BCUT2D eigenvalue weighted by Crippen LogP contribution is 2.30. The molecule has 0 atom stereocenters. The summed E-state index contributed by atoms with van der Waals surface area (Å²) in [5.41, 5.74) is 5.30. The Morgan fingerprint density at radius 3 is 2.79 bits per heavy atom. The third-order valence-corrected chi connectivity index (χ3v) is 2.23. The molecule has 0 saturated carbocycles. The van der Waals surface area contributed by atoms with Crippen molar-refractivity contribution in [2.75, 3.05) is 5.73 Å². The first-order valence-corrected chi connectivity index (χ1v) is 5.20. The summed E-state index contributed by atoms with van der Waals surface area (Å²) >= 11 is 0. The number of benzene rings is 1. The Labute approximate surface area is 107 Å². The van der Waals surface area contributed by atoms with Gasteiger partial charge in [0.05, 0.1) is 23.0 Å². The van der Waals surface area contributed by atoms with E-state index in [1.807, 2.05) is 0 Å². The number of aromatic nitrogens is 2. The second-order valence-electron chi connectivity index (χ2n) is 3.57. The van der Waals surface area contributed by atoms with Gasteiger partial charge in [0.1, 0.15) is 12.4 Å². The smallest absolute Gasteiger partial charge is 0.314 e. The van der Waals surface area contributed by atoms with Gasteiger partial charge in [0.2, 0.25) is 5.75 Å². The van der Waals surface area contributed by atoms with Crippen molar-refractivity contribution in [3.8, 4) is 5.75 Å². The van der Waals surface area contributed by atoms with Crippen LogP contribution in [0.2, 0.25) is 0 Å². The fourth-order valence-corrected chi connectivity index (χ4v) is 1.37. The Kier molecular flexibility index (Phi) is 3.51. The van der Waals surface area contributed by atoms with Crippen LogP contribution in [0.4, 0.5) is 15.9 Å². The summed E-state index contributed by atoms with van der Waals surface area (Å²) in [6.07, 6.45) is 2.66. The van der Waals surface area contributed by atoms with Gasteiger partial charge in [0.15, 0.2) is 5.82 Å². The largest absolute Gasteiger partial charge is 0.478 e. The molecule has 7 nitrogen and oxygen atoms in total. The van der Waals surface area contributed by atoms with Crippen molar-refractivity contribution < 1.29 is 14.1 Å². The van der Waals surface area contributed by atoms with Crippen molar-refractivity contribution in [1.29, 1.82) is 0 Å². The molecular formula is C11H9FN4O3. The quantitative estimate of drug-likeness (QED) is 0.665. The summed E-state index contributed by atoms with van der Waals surface area (Å²) in [6, 6.07) is 3.48. The van der Waals surface area contributed by atoms with Crippen molar-refractivity contribution >= 4 is 11.5 Å². The minimum absolute atomic E-state index is 0.144. The minimum Gasteiger partial charge on any atom is -0.478 e. The molecule has 19 heavy (non-hydrogen) atoms. The molecule has 8 heteroatoms. The highest BCUT2D eigenvalue weighted by atomic mass is 19.1. The Balaban J connectivity index is 2.19. The number of hydrogen-bond donors (Lipinski definition) is 1. The molecule has 98 valence electrons. The van der Waals surface area contributed by atoms with Crippen molar-refractivity contribution in [2.45, 2.75) is 6.61 Å². The number of nitro benzene ring substituents is 1. The van der Waals surface area contributed by atoms with Gasteiger partial charge in [0, 0.05) is 6.07 Å². The van der Waals surface area contributed by atoms with E-state index in [9.17, 15) is 14.5 Å². The molecule has 0 amide bonds. The third kappa shape index (κ3) is 2.92. The lowest BCUT2D eigenvalue weighted by molar-refractivity contribution is -0.386. The molecule has 0 aliphatic rings. The molecule has 2 rings (SSSR count). The van der Waals surface area contributed by atoms with Crippen LogP contribution in [0.25, 0.3) is 0 Å². The molecule has 0 spiro atoms. The van der Waals surface area contributed by atoms with E-state index >= 15 is 0 Å². The normalized spacial score (nSPS) is 10.2. The van der Waals surface area contributed by atoms with Crippen LogP contribution in [0, 0.1) is 15.9 Å². The van der Waals surface area contributed by atoms with E-state index in [1.165, 1.54) is 18.5 Å². The average molecular weight is 264 g/mol. The van der Waals surface area contributed by atoms with Gasteiger partial charge in [-0.1, -0.05) is 6.07 Å². The summed E-state index contributed by atoms with van der Waals surface area (Å²) in [5, 5.41) is 10.7. The Morgan fingerprint density at radius 2 is 2.16 bits per heavy atom. The molecule has 1 aromatic carbocycles. The van der Waals surface area contributed by atoms with Gasteiger partial charge >= 0.3 is 5.69 Å². The third-order valence-electron chi connectivity index (χ3n) is 2.23. The molecule has 1 aromatic heterocycles. The van der Waals surface area contributed by atoms with Gasteiger partial charge in [-0.3, -0.25) is 15.1 Å². The number of nitro groups is 1. The monoisotopic (exact) mass is 264 g/mol. The van der Waals surface area contributed by atoms with Gasteiger partial charge in [-0.15, -0.1) is 0 Å². The minimum atomic E-state index is -0.808. The van der Waals surface area contributed by atoms with Crippen molar-refractivity contribution in [2.24, 2.45) is 0 Å². The summed E-state index contributed by atoms with van der Waals surface area (Å²) in [6.45, 7) is -0.144. The van der Waals surface area contributed by atoms with Crippen LogP contribution in [-0.4, -0.2) is 14.9 Å². The zero-order valence-corrected chi connectivity index (χ0v) is 9.62. The summed E-state index contributed by atoms with van der Waals surface area (Å²) in [4.78, 5) is 17.7. The molecule has 1 heterocycles. The predicted molar refractivity (Wildman–Crippen MR) is 63.8 cm³/mol. The summed E-state index contributed by atoms with van der Waals surface area (Å²) in [7, 11) is 0. The zero-order chi connectivity index (χ0) is 13.8. The van der Waals surface area contributed by atoms with Crippen molar-refractivity contribution in [1.82, 2.24) is 9.97 Å². The number of ether oxygens (including phenoxy) is 1. The number of para-hydroxylation sites is 1. The molecule has 0 saturated heterocycles. The number of nitrogens with two attached hydrogens (primary N) is 1. The van der Waals surface area contributed by atoms with Gasteiger partial charge < -0.3 is 10.5 Å². The Bertz CT molecular complexity index is 603. The van der Waals surface area contributed by atoms with Gasteiger partial charge in [-0.25, -0.2) is 9.37 Å². The van der Waals surface area contributed by atoms with Crippen molar-refractivity contribution in [3.63, 3.8) is 0 Å². The van der Waals surface area contributed by atoms with Crippen LogP contribution >= 0.6 is 0 Å². The Hall–Kier alpha value is -2.77. The van der Waals surface area contributed by atoms with Crippen molar-refractivity contribution in [3.05, 3.63) is 52.2 Å². The van der Waals surface area contributed by atoms with E-state index in [2.05, 4.69) is 9.97 Å². The average Bonchev–Trinajstić information content (AvgIpc) is 2.39. The second-order valence-corrected chi connectivity index (χ2v) is 3.57. The molecule has 0 aliphatic heterocycles. The zero-order valence-electron chi connectivity index (χ0n) is 9.62. The topological polar surface area (TPSA) is 104 Å². The van der Waals surface area contributed by atoms with Crippen LogP contribution in [0.1, 0.15) is 5.69 Å². The molecule has 0 fully saturated rings.